The van der Waals surface area contributed by atoms with Gasteiger partial charge in [0.2, 0.25) is 11.8 Å². The molecule has 3 rings (SSSR count). The number of aliphatic hydroxyl groups is 1. The van der Waals surface area contributed by atoms with Crippen molar-refractivity contribution >= 4 is 29.3 Å². The molecule has 0 atom stereocenters. The minimum absolute atomic E-state index is 0.0615. The second-order valence-corrected chi connectivity index (χ2v) is 7.47. The van der Waals surface area contributed by atoms with Crippen LogP contribution >= 0.6 is 11.8 Å². The van der Waals surface area contributed by atoms with Crippen molar-refractivity contribution in [1.29, 1.82) is 0 Å². The van der Waals surface area contributed by atoms with Crippen molar-refractivity contribution in [2.45, 2.75) is 37.2 Å². The lowest BCUT2D eigenvalue weighted by Gasteiger charge is -2.12. The smallest absolute Gasteiger partial charge is 0.240 e. The van der Waals surface area contributed by atoms with E-state index in [1.165, 1.54) is 25.1 Å². The van der Waals surface area contributed by atoms with Gasteiger partial charge in [0.15, 0.2) is 16.7 Å². The SMILES string of the molecule is COc1ccc(NC(=O)CSc2ncc(CO)n2CC(=O)NC2CC2)cc1OC. The molecular weight excluding hydrogens is 396 g/mol. The zero-order valence-electron chi connectivity index (χ0n) is 16.3. The fourth-order valence-corrected chi connectivity index (χ4v) is 3.49. The minimum atomic E-state index is -0.234. The Morgan fingerprint density at radius 2 is 2.00 bits per heavy atom. The van der Waals surface area contributed by atoms with Crippen LogP contribution in [0.5, 0.6) is 11.5 Å². The number of nitrogens with zero attached hydrogens (tertiary/aromatic N) is 2. The molecule has 1 aliphatic rings. The van der Waals surface area contributed by atoms with E-state index in [0.29, 0.717) is 28.0 Å². The van der Waals surface area contributed by atoms with Crippen LogP contribution in [0.15, 0.2) is 29.6 Å². The van der Waals surface area contributed by atoms with Crippen LogP contribution in [0.2, 0.25) is 0 Å². The highest BCUT2D eigenvalue weighted by Crippen LogP contribution is 2.30. The van der Waals surface area contributed by atoms with E-state index in [2.05, 4.69) is 15.6 Å². The Labute approximate surface area is 172 Å². The number of imidazole rings is 1. The van der Waals surface area contributed by atoms with Gasteiger partial charge in [0.05, 0.1) is 38.5 Å². The summed E-state index contributed by atoms with van der Waals surface area (Å²) < 4.78 is 12.0. The molecule has 1 aliphatic carbocycles. The first-order valence-electron chi connectivity index (χ1n) is 9.13. The molecule has 1 aromatic heterocycles. The van der Waals surface area contributed by atoms with E-state index in [9.17, 15) is 14.7 Å². The summed E-state index contributed by atoms with van der Waals surface area (Å²) in [6, 6.07) is 5.36. The van der Waals surface area contributed by atoms with Crippen molar-refractivity contribution in [3.05, 3.63) is 30.1 Å². The van der Waals surface area contributed by atoms with Crippen molar-refractivity contribution in [3.8, 4) is 11.5 Å². The second-order valence-electron chi connectivity index (χ2n) is 6.52. The van der Waals surface area contributed by atoms with Gasteiger partial charge in [-0.1, -0.05) is 11.8 Å². The molecule has 3 N–H and O–H groups in total. The molecular formula is C19H24N4O5S. The van der Waals surface area contributed by atoms with Crippen molar-refractivity contribution in [2.24, 2.45) is 0 Å². The van der Waals surface area contributed by atoms with Crippen LogP contribution in [0.4, 0.5) is 5.69 Å². The number of carbonyl (C=O) groups is 2. The molecule has 2 aromatic rings. The molecule has 0 saturated heterocycles. The number of aliphatic hydroxyl groups excluding tert-OH is 1. The lowest BCUT2D eigenvalue weighted by molar-refractivity contribution is -0.122. The zero-order chi connectivity index (χ0) is 20.8. The van der Waals surface area contributed by atoms with Crippen LogP contribution in [-0.4, -0.2) is 52.5 Å². The summed E-state index contributed by atoms with van der Waals surface area (Å²) in [5.41, 5.74) is 1.11. The highest BCUT2D eigenvalue weighted by Gasteiger charge is 2.24. The van der Waals surface area contributed by atoms with Gasteiger partial charge in [0.1, 0.15) is 6.54 Å². The van der Waals surface area contributed by atoms with Crippen LogP contribution < -0.4 is 20.1 Å². The van der Waals surface area contributed by atoms with Crippen LogP contribution in [0.25, 0.3) is 0 Å². The molecule has 1 saturated carbocycles. The summed E-state index contributed by atoms with van der Waals surface area (Å²) in [4.78, 5) is 28.7. The standard InChI is InChI=1S/C19H24N4O5S/c1-27-15-6-5-13(7-16(15)28-2)22-18(26)11-29-19-20-8-14(10-24)23(19)9-17(25)21-12-3-4-12/h5-8,12,24H,3-4,9-11H2,1-2H3,(H,21,25)(H,22,26). The molecule has 1 aromatic carbocycles. The van der Waals surface area contributed by atoms with Gasteiger partial charge in [0.25, 0.3) is 0 Å². The van der Waals surface area contributed by atoms with Gasteiger partial charge >= 0.3 is 0 Å². The fourth-order valence-electron chi connectivity index (χ4n) is 2.69. The van der Waals surface area contributed by atoms with Gasteiger partial charge in [-0.25, -0.2) is 4.98 Å². The third-order valence-corrected chi connectivity index (χ3v) is 5.30. The van der Waals surface area contributed by atoms with Crippen LogP contribution in [0.1, 0.15) is 18.5 Å². The van der Waals surface area contributed by atoms with Crippen LogP contribution in [0, 0.1) is 0 Å². The Balaban J connectivity index is 1.59. The van der Waals surface area contributed by atoms with Gasteiger partial charge < -0.3 is 29.8 Å². The Bertz CT molecular complexity index is 881. The third-order valence-electron chi connectivity index (χ3n) is 4.31. The van der Waals surface area contributed by atoms with E-state index in [4.69, 9.17) is 9.47 Å². The Morgan fingerprint density at radius 1 is 1.24 bits per heavy atom. The maximum absolute atomic E-state index is 12.3. The summed E-state index contributed by atoms with van der Waals surface area (Å²) in [7, 11) is 3.07. The molecule has 0 spiro atoms. The number of methoxy groups -OCH3 is 2. The van der Waals surface area contributed by atoms with E-state index >= 15 is 0 Å². The second kappa shape index (κ2) is 9.66. The lowest BCUT2D eigenvalue weighted by atomic mass is 10.2. The van der Waals surface area contributed by atoms with E-state index in [1.807, 2.05) is 0 Å². The number of aromatic nitrogens is 2. The molecule has 0 radical (unpaired) electrons. The minimum Gasteiger partial charge on any atom is -0.493 e. The van der Waals surface area contributed by atoms with E-state index in [-0.39, 0.29) is 36.8 Å². The predicted octanol–water partition coefficient (Wildman–Crippen LogP) is 1.40. The monoisotopic (exact) mass is 420 g/mol. The Kier molecular flexibility index (Phi) is 6.99. The van der Waals surface area contributed by atoms with Crippen molar-refractivity contribution in [1.82, 2.24) is 14.9 Å². The molecule has 2 amide bonds. The largest absolute Gasteiger partial charge is 0.493 e. The van der Waals surface area contributed by atoms with Gasteiger partial charge in [-0.05, 0) is 25.0 Å². The quantitative estimate of drug-likeness (QED) is 0.498. The molecule has 0 unspecified atom stereocenters. The van der Waals surface area contributed by atoms with Gasteiger partial charge in [0, 0.05) is 17.8 Å². The van der Waals surface area contributed by atoms with Gasteiger partial charge in [-0.15, -0.1) is 0 Å². The molecule has 29 heavy (non-hydrogen) atoms. The van der Waals surface area contributed by atoms with Crippen LogP contribution in [0.3, 0.4) is 0 Å². The number of hydrogen-bond donors (Lipinski definition) is 3. The number of amides is 2. The lowest BCUT2D eigenvalue weighted by Crippen LogP contribution is -2.30. The summed E-state index contributed by atoms with van der Waals surface area (Å²) in [5, 5.41) is 15.7. The normalized spacial score (nSPS) is 13.1. The molecule has 9 nitrogen and oxygen atoms in total. The topological polar surface area (TPSA) is 115 Å². The highest BCUT2D eigenvalue weighted by molar-refractivity contribution is 7.99. The Hall–Kier alpha value is -2.72. The van der Waals surface area contributed by atoms with Crippen molar-refractivity contribution < 1.29 is 24.2 Å². The zero-order valence-corrected chi connectivity index (χ0v) is 17.1. The summed E-state index contributed by atoms with van der Waals surface area (Å²) in [6.07, 6.45) is 3.51. The van der Waals surface area contributed by atoms with Crippen molar-refractivity contribution in [3.63, 3.8) is 0 Å². The maximum Gasteiger partial charge on any atom is 0.240 e. The number of anilines is 1. The summed E-state index contributed by atoms with van der Waals surface area (Å²) >= 11 is 1.20. The number of benzene rings is 1. The highest BCUT2D eigenvalue weighted by atomic mass is 32.2. The van der Waals surface area contributed by atoms with E-state index in [0.717, 1.165) is 12.8 Å². The first kappa shape index (κ1) is 21.0. The third kappa shape index (κ3) is 5.64. The summed E-state index contributed by atoms with van der Waals surface area (Å²) in [6.45, 7) is -0.172. The number of rotatable bonds is 10. The number of ether oxygens (including phenoxy) is 2. The average Bonchev–Trinajstić information content (AvgIpc) is 3.45. The molecule has 156 valence electrons. The van der Waals surface area contributed by atoms with Gasteiger partial charge in [-0.2, -0.15) is 0 Å². The predicted molar refractivity (Wildman–Crippen MR) is 108 cm³/mol. The molecule has 0 aliphatic heterocycles. The number of thioether (sulfide) groups is 1. The summed E-state index contributed by atoms with van der Waals surface area (Å²) in [5.74, 6) is 0.827. The molecule has 0 bridgehead atoms. The first-order chi connectivity index (χ1) is 14.0. The molecule has 10 heteroatoms. The fraction of sp³-hybridized carbons (Fsp3) is 0.421. The van der Waals surface area contributed by atoms with Crippen molar-refractivity contribution in [2.75, 3.05) is 25.3 Å². The molecule has 1 heterocycles. The van der Waals surface area contributed by atoms with E-state index < -0.39 is 0 Å². The number of hydrogen-bond acceptors (Lipinski definition) is 7. The number of nitrogens with one attached hydrogen (secondary N) is 2. The van der Waals surface area contributed by atoms with Gasteiger partial charge in [-0.3, -0.25) is 9.59 Å². The Morgan fingerprint density at radius 3 is 2.66 bits per heavy atom. The van der Waals surface area contributed by atoms with Crippen LogP contribution in [-0.2, 0) is 22.7 Å². The number of carbonyl (C=O) groups excluding carboxylic acids is 2. The molecule has 1 fully saturated rings. The average molecular weight is 420 g/mol. The maximum atomic E-state index is 12.3. The van der Waals surface area contributed by atoms with E-state index in [1.54, 1.807) is 29.9 Å². The first-order valence-corrected chi connectivity index (χ1v) is 10.1.